The molecule has 2 heterocycles. The topological polar surface area (TPSA) is 56.1 Å². The fraction of sp³-hybridized carbons (Fsp3) is 0.286. The first-order chi connectivity index (χ1) is 13.2. The molecule has 0 saturated carbocycles. The van der Waals surface area contributed by atoms with Gasteiger partial charge in [-0.15, -0.1) is 0 Å². The lowest BCUT2D eigenvalue weighted by Gasteiger charge is -2.23. The summed E-state index contributed by atoms with van der Waals surface area (Å²) >= 11 is 6.10. The summed E-state index contributed by atoms with van der Waals surface area (Å²) in [6.07, 6.45) is 2.70. The van der Waals surface area contributed by atoms with Gasteiger partial charge in [-0.1, -0.05) is 23.7 Å². The Kier molecular flexibility index (Phi) is 5.19. The van der Waals surface area contributed by atoms with Crippen LogP contribution < -0.4 is 4.90 Å². The van der Waals surface area contributed by atoms with Crippen molar-refractivity contribution in [1.29, 1.82) is 5.26 Å². The molecule has 0 unspecified atom stereocenters. The Hall–Kier alpha value is -2.68. The van der Waals surface area contributed by atoms with E-state index in [1.54, 1.807) is 6.33 Å². The number of halogens is 1. The molecule has 0 atom stereocenters. The van der Waals surface area contributed by atoms with Crippen molar-refractivity contribution >= 4 is 28.3 Å². The van der Waals surface area contributed by atoms with Crippen LogP contribution in [-0.2, 0) is 6.54 Å². The van der Waals surface area contributed by atoms with E-state index in [2.05, 4.69) is 25.8 Å². The molecule has 1 fully saturated rings. The third-order valence-electron chi connectivity index (χ3n) is 4.95. The molecule has 6 heteroatoms. The maximum absolute atomic E-state index is 8.93. The second-order valence-electron chi connectivity index (χ2n) is 6.78. The van der Waals surface area contributed by atoms with E-state index in [9.17, 15) is 0 Å². The molecule has 4 rings (SSSR count). The highest BCUT2D eigenvalue weighted by Crippen LogP contribution is 2.26. The summed E-state index contributed by atoms with van der Waals surface area (Å²) in [7, 11) is 0. The van der Waals surface area contributed by atoms with Crippen molar-refractivity contribution in [3.8, 4) is 6.07 Å². The standard InChI is InChI=1S/C21H20ClN5/c22-18-6-7-19-20(12-18)24-15-25-21(19)27-9-1-8-26(10-11-27)14-17-4-2-16(13-23)3-5-17/h2-7,12,15H,1,8-11,14H2. The molecule has 1 aliphatic heterocycles. The average molecular weight is 378 g/mol. The van der Waals surface area contributed by atoms with Gasteiger partial charge in [-0.25, -0.2) is 9.97 Å². The van der Waals surface area contributed by atoms with Crippen LogP contribution >= 0.6 is 11.6 Å². The van der Waals surface area contributed by atoms with Crippen LogP contribution in [0.1, 0.15) is 17.5 Å². The minimum absolute atomic E-state index is 0.691. The summed E-state index contributed by atoms with van der Waals surface area (Å²) in [5, 5.41) is 10.7. The molecule has 27 heavy (non-hydrogen) atoms. The number of nitrogens with zero attached hydrogens (tertiary/aromatic N) is 5. The van der Waals surface area contributed by atoms with E-state index < -0.39 is 0 Å². The summed E-state index contributed by atoms with van der Waals surface area (Å²) in [6, 6.07) is 15.8. The van der Waals surface area contributed by atoms with E-state index in [4.69, 9.17) is 16.9 Å². The average Bonchev–Trinajstić information content (AvgIpc) is 2.93. The Labute approximate surface area is 163 Å². The van der Waals surface area contributed by atoms with Gasteiger partial charge >= 0.3 is 0 Å². The second kappa shape index (κ2) is 7.91. The summed E-state index contributed by atoms with van der Waals surface area (Å²) < 4.78 is 0. The summed E-state index contributed by atoms with van der Waals surface area (Å²) in [6.45, 7) is 4.81. The second-order valence-corrected chi connectivity index (χ2v) is 7.22. The molecule has 0 spiro atoms. The molecule has 0 aliphatic carbocycles. The van der Waals surface area contributed by atoms with Crippen LogP contribution in [0, 0.1) is 11.3 Å². The van der Waals surface area contributed by atoms with Crippen LogP contribution in [0.3, 0.4) is 0 Å². The number of nitriles is 1. The largest absolute Gasteiger partial charge is 0.355 e. The van der Waals surface area contributed by atoms with Crippen molar-refractivity contribution in [1.82, 2.24) is 14.9 Å². The zero-order chi connectivity index (χ0) is 18.6. The summed E-state index contributed by atoms with van der Waals surface area (Å²) in [5.41, 5.74) is 2.83. The molecule has 0 bridgehead atoms. The van der Waals surface area contributed by atoms with E-state index in [1.165, 1.54) is 5.56 Å². The van der Waals surface area contributed by atoms with Crippen LogP contribution in [0.5, 0.6) is 0 Å². The van der Waals surface area contributed by atoms with E-state index in [0.29, 0.717) is 10.6 Å². The minimum atomic E-state index is 0.691. The van der Waals surface area contributed by atoms with E-state index in [0.717, 1.165) is 55.9 Å². The third-order valence-corrected chi connectivity index (χ3v) is 5.19. The number of benzene rings is 2. The molecule has 1 saturated heterocycles. The summed E-state index contributed by atoms with van der Waals surface area (Å²) in [5.74, 6) is 0.983. The Morgan fingerprint density at radius 3 is 2.67 bits per heavy atom. The van der Waals surface area contributed by atoms with Gasteiger partial charge in [0, 0.05) is 43.1 Å². The van der Waals surface area contributed by atoms with Gasteiger partial charge < -0.3 is 4.90 Å². The van der Waals surface area contributed by atoms with E-state index >= 15 is 0 Å². The molecule has 1 aliphatic rings. The minimum Gasteiger partial charge on any atom is -0.355 e. The highest BCUT2D eigenvalue weighted by molar-refractivity contribution is 6.31. The third kappa shape index (κ3) is 4.02. The van der Waals surface area contributed by atoms with Gasteiger partial charge in [0.15, 0.2) is 0 Å². The lowest BCUT2D eigenvalue weighted by molar-refractivity contribution is 0.285. The highest BCUT2D eigenvalue weighted by Gasteiger charge is 2.18. The monoisotopic (exact) mass is 377 g/mol. The highest BCUT2D eigenvalue weighted by atomic mass is 35.5. The zero-order valence-electron chi connectivity index (χ0n) is 15.0. The van der Waals surface area contributed by atoms with Gasteiger partial charge in [-0.2, -0.15) is 5.26 Å². The Balaban J connectivity index is 1.48. The number of hydrogen-bond acceptors (Lipinski definition) is 5. The normalized spacial score (nSPS) is 15.5. The van der Waals surface area contributed by atoms with Gasteiger partial charge in [-0.3, -0.25) is 4.90 Å². The number of hydrogen-bond donors (Lipinski definition) is 0. The van der Waals surface area contributed by atoms with Gasteiger partial charge in [0.05, 0.1) is 17.1 Å². The zero-order valence-corrected chi connectivity index (χ0v) is 15.7. The van der Waals surface area contributed by atoms with Crippen LogP contribution in [0.4, 0.5) is 5.82 Å². The van der Waals surface area contributed by atoms with Crippen molar-refractivity contribution in [2.45, 2.75) is 13.0 Å². The Morgan fingerprint density at radius 2 is 1.85 bits per heavy atom. The molecule has 136 valence electrons. The van der Waals surface area contributed by atoms with Crippen molar-refractivity contribution in [3.05, 3.63) is 64.9 Å². The number of anilines is 1. The van der Waals surface area contributed by atoms with Crippen LogP contribution in [0.15, 0.2) is 48.8 Å². The number of rotatable bonds is 3. The molecular weight excluding hydrogens is 358 g/mol. The lowest BCUT2D eigenvalue weighted by Crippen LogP contribution is -2.31. The quantitative estimate of drug-likeness (QED) is 0.693. The SMILES string of the molecule is N#Cc1ccc(CN2CCCN(c3ncnc4cc(Cl)ccc34)CC2)cc1. The van der Waals surface area contributed by atoms with Gasteiger partial charge in [0.25, 0.3) is 0 Å². The van der Waals surface area contributed by atoms with Crippen molar-refractivity contribution in [3.63, 3.8) is 0 Å². The van der Waals surface area contributed by atoms with Crippen LogP contribution in [-0.4, -0.2) is 41.0 Å². The number of aromatic nitrogens is 2. The maximum atomic E-state index is 8.93. The predicted molar refractivity (Wildman–Crippen MR) is 108 cm³/mol. The van der Waals surface area contributed by atoms with E-state index in [-0.39, 0.29) is 0 Å². The first-order valence-electron chi connectivity index (χ1n) is 9.09. The summed E-state index contributed by atoms with van der Waals surface area (Å²) in [4.78, 5) is 13.7. The fourth-order valence-corrected chi connectivity index (χ4v) is 3.72. The van der Waals surface area contributed by atoms with Crippen LogP contribution in [0.2, 0.25) is 5.02 Å². The fourth-order valence-electron chi connectivity index (χ4n) is 3.55. The Bertz CT molecular complexity index is 980. The first kappa shape index (κ1) is 17.7. The Morgan fingerprint density at radius 1 is 1.00 bits per heavy atom. The maximum Gasteiger partial charge on any atom is 0.139 e. The molecule has 0 amide bonds. The molecule has 0 N–H and O–H groups in total. The molecule has 1 aromatic heterocycles. The smallest absolute Gasteiger partial charge is 0.139 e. The van der Waals surface area contributed by atoms with Crippen molar-refractivity contribution in [2.24, 2.45) is 0 Å². The van der Waals surface area contributed by atoms with Crippen molar-refractivity contribution in [2.75, 3.05) is 31.1 Å². The van der Waals surface area contributed by atoms with Gasteiger partial charge in [0.1, 0.15) is 12.1 Å². The van der Waals surface area contributed by atoms with Gasteiger partial charge in [0.2, 0.25) is 0 Å². The first-order valence-corrected chi connectivity index (χ1v) is 9.47. The predicted octanol–water partition coefficient (Wildman–Crippen LogP) is 3.87. The van der Waals surface area contributed by atoms with Gasteiger partial charge in [-0.05, 0) is 42.3 Å². The molecular formula is C21H20ClN5. The molecule has 2 aromatic carbocycles. The van der Waals surface area contributed by atoms with E-state index in [1.807, 2.05) is 42.5 Å². The number of fused-ring (bicyclic) bond motifs is 1. The molecule has 5 nitrogen and oxygen atoms in total. The van der Waals surface area contributed by atoms with Crippen molar-refractivity contribution < 1.29 is 0 Å². The molecule has 0 radical (unpaired) electrons. The lowest BCUT2D eigenvalue weighted by atomic mass is 10.1. The van der Waals surface area contributed by atoms with Crippen LogP contribution in [0.25, 0.3) is 10.9 Å². The molecule has 3 aromatic rings.